The summed E-state index contributed by atoms with van der Waals surface area (Å²) >= 11 is 0. The van der Waals surface area contributed by atoms with Gasteiger partial charge in [-0.3, -0.25) is 0 Å². The first kappa shape index (κ1) is 61.6. The minimum Gasteiger partial charge on any atom is -0.508 e. The number of aromatic hydroxyl groups is 3. The monoisotopic (exact) mass is 1310 g/mol. The molecule has 12 aromatic carbocycles. The molecule has 15 nitrogen and oxygen atoms in total. The lowest BCUT2D eigenvalue weighted by Crippen LogP contribution is -2.33. The fourth-order valence-electron chi connectivity index (χ4n) is 14.3. The smallest absolute Gasteiger partial charge is 0.253 e. The molecule has 99 heavy (non-hydrogen) atoms. The predicted molar refractivity (Wildman–Crippen MR) is 394 cm³/mol. The number of nitrogens with one attached hydrogen (secondary N) is 3. The number of aliphatic hydroxyl groups is 3. The van der Waals surface area contributed by atoms with Gasteiger partial charge < -0.3 is 58.8 Å². The van der Waals surface area contributed by atoms with Crippen molar-refractivity contribution in [3.05, 3.63) is 237 Å². The van der Waals surface area contributed by atoms with E-state index in [1.807, 2.05) is 136 Å². The molecule has 0 fully saturated rings. The third-order valence-electron chi connectivity index (χ3n) is 18.4. The van der Waals surface area contributed by atoms with Crippen LogP contribution in [0.25, 0.3) is 182 Å². The molecule has 15 heteroatoms. The molecule has 6 aliphatic heterocycles. The van der Waals surface area contributed by atoms with Gasteiger partial charge in [-0.05, 0) is 116 Å². The van der Waals surface area contributed by atoms with Crippen LogP contribution in [0.2, 0.25) is 0 Å². The number of benzene rings is 12. The SMILES string of the molecule is CCCO.CCCO.CCCO.Oc1ccc(-[n+]2c3cccc4[nH]c5cccc6oc7cccc2c7c(c43)-c56)cc1.Oc1cccc(-[n+]2c3cccc4[nH]c5cccc6oc7cccc2c7c(c43)-c56)c1.Oc1ccccc1-[n+]1c2cccc3[nH]c4cccc5oc6cccc1c6c(c32)-c45. The summed E-state index contributed by atoms with van der Waals surface area (Å²) in [5.41, 5.74) is 27.6. The van der Waals surface area contributed by atoms with Gasteiger partial charge in [0.15, 0.2) is 5.75 Å². The highest BCUT2D eigenvalue weighted by molar-refractivity contribution is 6.26. The normalized spacial score (nSPS) is 11.7. The standard InChI is InChI=1S/3C25H14N2O2.3C3H8O/c28-15-6-1-5-14(13-15)27-18-9-2-7-16-22(18)25-23-17(26-16)8-3-11-20(23)29-21-12-4-10-19(27)24(21)25;28-15-12-10-14(11-13-15)27-18-6-1-4-16-22(18)25-23-17(26-16)5-2-8-20(23)29-21-9-3-7-19(27)24(21)25;28-19-11-2-1-8-16(19)27-17-9-3-6-14-22(17)25-23-15(26-14)7-4-12-20(23)29-21-13-5-10-18(27)24(21)25;3*1-2-3-4/h3*1-13,28H;3*4H,2-3H2,1H3/p+3. The van der Waals surface area contributed by atoms with Gasteiger partial charge in [0.25, 0.3) is 5.69 Å². The maximum atomic E-state index is 10.7. The third kappa shape index (κ3) is 10.1. The maximum Gasteiger partial charge on any atom is 0.253 e. The van der Waals surface area contributed by atoms with Gasteiger partial charge in [-0.2, -0.15) is 9.13 Å². The molecule has 486 valence electrons. The van der Waals surface area contributed by atoms with E-state index in [0.29, 0.717) is 19.8 Å². The number of para-hydroxylation sites is 2. The second-order valence-corrected chi connectivity index (χ2v) is 24.6. The summed E-state index contributed by atoms with van der Waals surface area (Å²) in [6.45, 7) is 6.75. The van der Waals surface area contributed by atoms with Gasteiger partial charge in [-0.25, -0.2) is 0 Å². The highest BCUT2D eigenvalue weighted by atomic mass is 16.3. The number of rotatable bonds is 6. The van der Waals surface area contributed by atoms with Gasteiger partial charge in [0.2, 0.25) is 44.5 Å². The van der Waals surface area contributed by atoms with Crippen LogP contribution in [0.1, 0.15) is 40.0 Å². The number of aromatic amines is 3. The molecule has 9 heterocycles. The van der Waals surface area contributed by atoms with Crippen LogP contribution in [0.5, 0.6) is 17.2 Å². The molecule has 0 saturated heterocycles. The van der Waals surface area contributed by atoms with Crippen LogP contribution < -0.4 is 13.7 Å². The summed E-state index contributed by atoms with van der Waals surface area (Å²) in [6.07, 6.45) is 2.62. The zero-order chi connectivity index (χ0) is 67.6. The first-order valence-corrected chi connectivity index (χ1v) is 33.4. The Balaban J connectivity index is 0.000000107. The van der Waals surface area contributed by atoms with Crippen molar-refractivity contribution in [1.29, 1.82) is 0 Å². The first-order chi connectivity index (χ1) is 48.6. The van der Waals surface area contributed by atoms with E-state index in [1.165, 1.54) is 27.5 Å². The molecule has 0 radical (unpaired) electrons. The van der Waals surface area contributed by atoms with E-state index in [2.05, 4.69) is 120 Å². The summed E-state index contributed by atoms with van der Waals surface area (Å²) < 4.78 is 25.5. The lowest BCUT2D eigenvalue weighted by atomic mass is 9.91. The number of hydrogen-bond acceptors (Lipinski definition) is 9. The summed E-state index contributed by atoms with van der Waals surface area (Å²) in [5.74, 6) is 0.744. The summed E-state index contributed by atoms with van der Waals surface area (Å²) in [7, 11) is 0. The quantitative estimate of drug-likeness (QED) is 0.0439. The largest absolute Gasteiger partial charge is 0.508 e. The van der Waals surface area contributed by atoms with Crippen molar-refractivity contribution in [1.82, 2.24) is 15.0 Å². The lowest BCUT2D eigenvalue weighted by Gasteiger charge is -2.19. The molecule has 0 aliphatic carbocycles. The van der Waals surface area contributed by atoms with Gasteiger partial charge in [-0.1, -0.05) is 93.6 Å². The average Bonchev–Trinajstić information content (AvgIpc) is 0.711. The Morgan fingerprint density at radius 1 is 0.283 bits per heavy atom. The summed E-state index contributed by atoms with van der Waals surface area (Å²) in [4.78, 5) is 10.8. The minimum atomic E-state index is 0.243. The number of aromatic nitrogens is 6. The molecule has 21 rings (SSSR count). The molecule has 3 aromatic heterocycles. The fraction of sp³-hybridized carbons (Fsp3) is 0.107. The zero-order valence-electron chi connectivity index (χ0n) is 54.5. The van der Waals surface area contributed by atoms with E-state index in [0.717, 1.165) is 174 Å². The van der Waals surface area contributed by atoms with Crippen molar-refractivity contribution in [3.8, 4) is 67.7 Å². The number of phenolic OH excluding ortho intramolecular Hbond substituents is 3. The topological polar surface area (TPSA) is 220 Å². The van der Waals surface area contributed by atoms with Gasteiger partial charge >= 0.3 is 0 Å². The van der Waals surface area contributed by atoms with Crippen LogP contribution in [0.3, 0.4) is 0 Å². The van der Waals surface area contributed by atoms with Crippen LogP contribution in [0.15, 0.2) is 250 Å². The molecule has 0 amide bonds. The Labute approximate surface area is 565 Å². The van der Waals surface area contributed by atoms with E-state index in [-0.39, 0.29) is 17.2 Å². The van der Waals surface area contributed by atoms with Crippen LogP contribution in [0, 0.1) is 0 Å². The molecule has 0 spiro atoms. The number of pyridine rings is 6. The van der Waals surface area contributed by atoms with E-state index in [4.69, 9.17) is 28.6 Å². The van der Waals surface area contributed by atoms with E-state index in [9.17, 15) is 15.3 Å². The van der Waals surface area contributed by atoms with E-state index >= 15 is 0 Å². The first-order valence-electron chi connectivity index (χ1n) is 33.4. The van der Waals surface area contributed by atoms with E-state index < -0.39 is 0 Å². The average molecular weight is 1310 g/mol. The second kappa shape index (κ2) is 25.4. The zero-order valence-corrected chi connectivity index (χ0v) is 54.5. The van der Waals surface area contributed by atoms with Crippen molar-refractivity contribution >= 4 is 132 Å². The van der Waals surface area contributed by atoms with Gasteiger partial charge in [-0.15, -0.1) is 4.57 Å². The number of nitrogens with zero attached hydrogens (tertiary/aromatic N) is 3. The van der Waals surface area contributed by atoms with Crippen LogP contribution in [0.4, 0.5) is 0 Å². The highest BCUT2D eigenvalue weighted by Gasteiger charge is 2.35. The predicted octanol–water partition coefficient (Wildman–Crippen LogP) is 18.4. The Bertz CT molecular complexity index is 6030. The van der Waals surface area contributed by atoms with Crippen molar-refractivity contribution in [2.75, 3.05) is 19.8 Å². The number of aliphatic hydroxyl groups excluding tert-OH is 3. The Morgan fingerprint density at radius 2 is 0.606 bits per heavy atom. The molecule has 9 N–H and O–H groups in total. The van der Waals surface area contributed by atoms with Crippen LogP contribution in [-0.2, 0) is 0 Å². The van der Waals surface area contributed by atoms with Crippen molar-refractivity contribution < 1.29 is 57.6 Å². The van der Waals surface area contributed by atoms with E-state index in [1.54, 1.807) is 30.3 Å². The van der Waals surface area contributed by atoms with Crippen LogP contribution >= 0.6 is 0 Å². The maximum absolute atomic E-state index is 10.7. The second-order valence-electron chi connectivity index (χ2n) is 24.6. The Kier molecular flexibility index (Phi) is 15.8. The lowest BCUT2D eigenvalue weighted by molar-refractivity contribution is -0.538. The van der Waals surface area contributed by atoms with Crippen LogP contribution in [-0.4, -0.2) is 65.4 Å². The van der Waals surface area contributed by atoms with Crippen molar-refractivity contribution in [2.24, 2.45) is 0 Å². The van der Waals surface area contributed by atoms with Crippen molar-refractivity contribution in [3.63, 3.8) is 0 Å². The molecule has 0 saturated carbocycles. The number of H-pyrrole nitrogens is 3. The third-order valence-corrected chi connectivity index (χ3v) is 18.4. The molecule has 0 bridgehead atoms. The number of phenols is 3. The molecule has 0 atom stereocenters. The van der Waals surface area contributed by atoms with Crippen molar-refractivity contribution in [2.45, 2.75) is 40.0 Å². The fourth-order valence-corrected chi connectivity index (χ4v) is 14.3. The summed E-state index contributed by atoms with van der Waals surface area (Å²) in [6, 6.07) is 78.0. The highest BCUT2D eigenvalue weighted by Crippen LogP contribution is 2.50. The molecule has 0 unspecified atom stereocenters. The molecule has 15 aromatic rings. The number of hydrogen-bond donors (Lipinski definition) is 9. The molecule has 6 aliphatic rings. The molecular formula is C84H69N6O9+3. The van der Waals surface area contributed by atoms with Gasteiger partial charge in [0.1, 0.15) is 45.0 Å². The van der Waals surface area contributed by atoms with Gasteiger partial charge in [0.05, 0.1) is 71.5 Å². The minimum absolute atomic E-state index is 0.243. The van der Waals surface area contributed by atoms with Gasteiger partial charge in [0, 0.05) is 114 Å². The molecular weight excluding hydrogens is 1240 g/mol. The Hall–Kier alpha value is -12.3. The Morgan fingerprint density at radius 3 is 1.00 bits per heavy atom. The summed E-state index contributed by atoms with van der Waals surface area (Å²) in [5, 5.41) is 61.0.